The van der Waals surface area contributed by atoms with Gasteiger partial charge in [0.25, 0.3) is 5.91 Å². The van der Waals surface area contributed by atoms with Crippen LogP contribution in [0.15, 0.2) is 30.3 Å². The summed E-state index contributed by atoms with van der Waals surface area (Å²) < 4.78 is 33.3. The number of aryl methyl sites for hydroxylation is 1. The molecule has 0 spiro atoms. The number of carbonyl (C=O) groups excluding carboxylic acids is 1. The minimum absolute atomic E-state index is 0.0762. The van der Waals surface area contributed by atoms with Crippen LogP contribution in [0.2, 0.25) is 5.02 Å². The normalized spacial score (nSPS) is 14.8. The number of ether oxygens (including phenoxy) is 1. The molecule has 9 heteroatoms. The van der Waals surface area contributed by atoms with Crippen molar-refractivity contribution in [1.29, 1.82) is 0 Å². The van der Waals surface area contributed by atoms with Crippen LogP contribution in [0, 0.1) is 18.6 Å². The van der Waals surface area contributed by atoms with Crippen LogP contribution >= 0.6 is 22.9 Å². The third-order valence-corrected chi connectivity index (χ3v) is 6.83. The molecule has 1 aromatic heterocycles. The van der Waals surface area contributed by atoms with Gasteiger partial charge in [0.05, 0.1) is 28.5 Å². The first-order valence-electron chi connectivity index (χ1n) is 10.1. The minimum atomic E-state index is -1.05. The number of hydrogen-bond donors (Lipinski definition) is 0. The van der Waals surface area contributed by atoms with Crippen molar-refractivity contribution < 1.29 is 18.3 Å². The summed E-state index contributed by atoms with van der Waals surface area (Å²) in [6, 6.07) is 6.88. The maximum Gasteiger partial charge on any atom is 0.260 e. The Hall–Kier alpha value is -2.13. The topological polar surface area (TPSA) is 45.7 Å². The fourth-order valence-electron chi connectivity index (χ4n) is 3.55. The predicted octanol–water partition coefficient (Wildman–Crippen LogP) is 4.91. The van der Waals surface area contributed by atoms with Crippen LogP contribution in [0.4, 0.5) is 13.9 Å². The third kappa shape index (κ3) is 4.87. The van der Waals surface area contributed by atoms with Crippen molar-refractivity contribution in [1.82, 2.24) is 9.88 Å². The van der Waals surface area contributed by atoms with Gasteiger partial charge in [-0.1, -0.05) is 29.0 Å². The summed E-state index contributed by atoms with van der Waals surface area (Å²) in [6.45, 7) is 6.24. The number of halogens is 3. The Kier molecular flexibility index (Phi) is 6.81. The standard InChI is InChI=1S/C22H22ClF2N3O2S/c1-14-3-5-16(23)20-19(14)26-22(31-20)28(8-2-7-27-9-11-30-12-10-27)21(29)15-4-6-17(24)18(25)13-15/h3-6,13H,2,7-12H2,1H3. The number of morpholine rings is 1. The number of hydrogen-bond acceptors (Lipinski definition) is 5. The average Bonchev–Trinajstić information content (AvgIpc) is 3.23. The summed E-state index contributed by atoms with van der Waals surface area (Å²) in [5.41, 5.74) is 1.77. The van der Waals surface area contributed by atoms with Gasteiger partial charge in [0.1, 0.15) is 0 Å². The van der Waals surface area contributed by atoms with Crippen LogP contribution in [-0.2, 0) is 4.74 Å². The van der Waals surface area contributed by atoms with Gasteiger partial charge < -0.3 is 4.74 Å². The molecule has 1 aliphatic rings. The SMILES string of the molecule is Cc1ccc(Cl)c2sc(N(CCCN3CCOCC3)C(=O)c3ccc(F)c(F)c3)nc12. The zero-order valence-electron chi connectivity index (χ0n) is 17.0. The Morgan fingerprint density at radius 1 is 1.23 bits per heavy atom. The molecule has 0 unspecified atom stereocenters. The second-order valence-electron chi connectivity index (χ2n) is 7.43. The monoisotopic (exact) mass is 465 g/mol. The molecule has 0 bridgehead atoms. The lowest BCUT2D eigenvalue weighted by atomic mass is 10.2. The number of thiazole rings is 1. The molecule has 1 fully saturated rings. The predicted molar refractivity (Wildman–Crippen MR) is 119 cm³/mol. The number of carbonyl (C=O) groups is 1. The van der Waals surface area contributed by atoms with E-state index in [0.29, 0.717) is 36.3 Å². The summed E-state index contributed by atoms with van der Waals surface area (Å²) in [6.07, 6.45) is 0.706. The maximum atomic E-state index is 13.8. The molecule has 0 atom stereocenters. The van der Waals surface area contributed by atoms with Gasteiger partial charge in [-0.2, -0.15) is 0 Å². The largest absolute Gasteiger partial charge is 0.379 e. The van der Waals surface area contributed by atoms with Crippen molar-refractivity contribution in [2.45, 2.75) is 13.3 Å². The van der Waals surface area contributed by atoms with Crippen LogP contribution in [0.5, 0.6) is 0 Å². The maximum absolute atomic E-state index is 13.8. The van der Waals surface area contributed by atoms with Crippen LogP contribution in [0.1, 0.15) is 22.3 Å². The van der Waals surface area contributed by atoms with Crippen molar-refractivity contribution in [3.8, 4) is 0 Å². The molecule has 0 aliphatic carbocycles. The molecule has 1 amide bonds. The van der Waals surface area contributed by atoms with Gasteiger partial charge in [-0.15, -0.1) is 0 Å². The summed E-state index contributed by atoms with van der Waals surface area (Å²) in [5, 5.41) is 1.06. The fraction of sp³-hybridized carbons (Fsp3) is 0.364. The summed E-state index contributed by atoms with van der Waals surface area (Å²) in [4.78, 5) is 21.8. The van der Waals surface area contributed by atoms with E-state index in [1.54, 1.807) is 6.07 Å². The van der Waals surface area contributed by atoms with Crippen molar-refractivity contribution in [3.63, 3.8) is 0 Å². The Morgan fingerprint density at radius 2 is 2.00 bits per heavy atom. The number of anilines is 1. The Labute approximate surface area is 188 Å². The molecule has 1 aliphatic heterocycles. The van der Waals surface area contributed by atoms with Gasteiger partial charge in [0.2, 0.25) is 0 Å². The van der Waals surface area contributed by atoms with Crippen molar-refractivity contribution in [2.75, 3.05) is 44.3 Å². The first-order valence-corrected chi connectivity index (χ1v) is 11.3. The first-order chi connectivity index (χ1) is 14.9. The molecule has 5 nitrogen and oxygen atoms in total. The molecule has 4 rings (SSSR count). The van der Waals surface area contributed by atoms with E-state index in [9.17, 15) is 13.6 Å². The van der Waals surface area contributed by atoms with Crippen molar-refractivity contribution in [2.24, 2.45) is 0 Å². The van der Waals surface area contributed by atoms with E-state index in [1.165, 1.54) is 22.3 Å². The highest BCUT2D eigenvalue weighted by atomic mass is 35.5. The van der Waals surface area contributed by atoms with Gasteiger partial charge in [0.15, 0.2) is 16.8 Å². The zero-order valence-corrected chi connectivity index (χ0v) is 18.6. The van der Waals surface area contributed by atoms with Gasteiger partial charge in [-0.25, -0.2) is 13.8 Å². The first kappa shape index (κ1) is 22.1. The van der Waals surface area contributed by atoms with Crippen LogP contribution in [0.25, 0.3) is 10.2 Å². The van der Waals surface area contributed by atoms with Crippen molar-refractivity contribution >= 4 is 44.2 Å². The minimum Gasteiger partial charge on any atom is -0.379 e. The molecular formula is C22H22ClF2N3O2S. The number of amides is 1. The second-order valence-corrected chi connectivity index (χ2v) is 8.82. The number of fused-ring (bicyclic) bond motifs is 1. The van der Waals surface area contributed by atoms with E-state index < -0.39 is 17.5 Å². The highest BCUT2D eigenvalue weighted by Gasteiger charge is 2.24. The summed E-state index contributed by atoms with van der Waals surface area (Å²) in [5.74, 6) is -2.46. The summed E-state index contributed by atoms with van der Waals surface area (Å²) >= 11 is 7.67. The molecule has 1 saturated heterocycles. The average molecular weight is 466 g/mol. The van der Waals surface area contributed by atoms with E-state index in [1.807, 2.05) is 13.0 Å². The van der Waals surface area contributed by atoms with Crippen molar-refractivity contribution in [3.05, 3.63) is 58.1 Å². The molecule has 31 heavy (non-hydrogen) atoms. The smallest absolute Gasteiger partial charge is 0.260 e. The Morgan fingerprint density at radius 3 is 2.71 bits per heavy atom. The molecule has 2 aromatic carbocycles. The lowest BCUT2D eigenvalue weighted by molar-refractivity contribution is 0.0376. The van der Waals surface area contributed by atoms with Crippen LogP contribution in [0.3, 0.4) is 0 Å². The fourth-order valence-corrected chi connectivity index (χ4v) is 4.89. The molecule has 3 aromatic rings. The number of aromatic nitrogens is 1. The summed E-state index contributed by atoms with van der Waals surface area (Å²) in [7, 11) is 0. The molecule has 164 valence electrons. The quantitative estimate of drug-likeness (QED) is 0.519. The number of rotatable bonds is 6. The van der Waals surface area contributed by atoms with Gasteiger partial charge in [-0.3, -0.25) is 14.6 Å². The second kappa shape index (κ2) is 9.56. The van der Waals surface area contributed by atoms with Gasteiger partial charge in [-0.05, 0) is 43.2 Å². The highest BCUT2D eigenvalue weighted by molar-refractivity contribution is 7.23. The lowest BCUT2D eigenvalue weighted by Gasteiger charge is -2.27. The number of nitrogens with zero attached hydrogens (tertiary/aromatic N) is 3. The zero-order chi connectivity index (χ0) is 22.0. The van der Waals surface area contributed by atoms with Gasteiger partial charge >= 0.3 is 0 Å². The number of benzene rings is 2. The third-order valence-electron chi connectivity index (χ3n) is 5.29. The van der Waals surface area contributed by atoms with E-state index >= 15 is 0 Å². The molecular weight excluding hydrogens is 444 g/mol. The van der Waals surface area contributed by atoms with E-state index in [4.69, 9.17) is 16.3 Å². The molecule has 0 N–H and O–H groups in total. The lowest BCUT2D eigenvalue weighted by Crippen LogP contribution is -2.39. The van der Waals surface area contributed by atoms with E-state index in [0.717, 1.165) is 47.5 Å². The Balaban J connectivity index is 1.63. The molecule has 0 radical (unpaired) electrons. The van der Waals surface area contributed by atoms with Crippen LogP contribution in [-0.4, -0.2) is 55.2 Å². The molecule has 2 heterocycles. The van der Waals surface area contributed by atoms with Gasteiger partial charge in [0, 0.05) is 31.7 Å². The van der Waals surface area contributed by atoms with E-state index in [2.05, 4.69) is 9.88 Å². The highest BCUT2D eigenvalue weighted by Crippen LogP contribution is 2.36. The Bertz CT molecular complexity index is 1060. The molecule has 0 saturated carbocycles. The van der Waals surface area contributed by atoms with E-state index in [-0.39, 0.29) is 5.56 Å². The van der Waals surface area contributed by atoms with Crippen LogP contribution < -0.4 is 4.90 Å².